The highest BCUT2D eigenvalue weighted by atomic mass is 19.1. The minimum atomic E-state index is -0.798. The number of hydrogen-bond donors (Lipinski definition) is 0. The predicted octanol–water partition coefficient (Wildman–Crippen LogP) is 1.05. The van der Waals surface area contributed by atoms with Crippen LogP contribution in [-0.2, 0) is 16.1 Å². The monoisotopic (exact) mass is 429 g/mol. The summed E-state index contributed by atoms with van der Waals surface area (Å²) < 4.78 is 24.9. The van der Waals surface area contributed by atoms with Gasteiger partial charge in [0.15, 0.2) is 0 Å². The molecule has 3 heterocycles. The number of benzene rings is 1. The molecule has 1 amide bonds. The zero-order chi connectivity index (χ0) is 22.0. The molecule has 11 heteroatoms. The lowest BCUT2D eigenvalue weighted by atomic mass is 10.2. The van der Waals surface area contributed by atoms with Gasteiger partial charge in [0.2, 0.25) is 11.6 Å². The Bertz CT molecular complexity index is 1180. The van der Waals surface area contributed by atoms with Crippen molar-refractivity contribution < 1.29 is 23.2 Å². The van der Waals surface area contributed by atoms with E-state index in [0.29, 0.717) is 31.9 Å². The lowest BCUT2D eigenvalue weighted by Crippen LogP contribution is -2.50. The van der Waals surface area contributed by atoms with Crippen molar-refractivity contribution in [3.63, 3.8) is 0 Å². The molecule has 10 nitrogen and oxygen atoms in total. The van der Waals surface area contributed by atoms with Gasteiger partial charge in [-0.1, -0.05) is 17.3 Å². The molecule has 162 valence electrons. The summed E-state index contributed by atoms with van der Waals surface area (Å²) in [5.41, 5.74) is -0.489. The van der Waals surface area contributed by atoms with E-state index in [1.165, 1.54) is 12.4 Å². The van der Waals surface area contributed by atoms with Crippen LogP contribution in [0.2, 0.25) is 0 Å². The molecule has 2 aromatic heterocycles. The molecule has 1 saturated heterocycles. The van der Waals surface area contributed by atoms with Gasteiger partial charge < -0.3 is 19.1 Å². The molecule has 0 bridgehead atoms. The van der Waals surface area contributed by atoms with E-state index in [0.717, 1.165) is 4.57 Å². The summed E-state index contributed by atoms with van der Waals surface area (Å²) in [7, 11) is 0. The number of amides is 1. The maximum atomic E-state index is 14.0. The van der Waals surface area contributed by atoms with E-state index < -0.39 is 11.5 Å². The van der Waals surface area contributed by atoms with Crippen LogP contribution in [0, 0.1) is 5.82 Å². The van der Waals surface area contributed by atoms with Gasteiger partial charge in [-0.3, -0.25) is 14.2 Å². The van der Waals surface area contributed by atoms with E-state index in [-0.39, 0.29) is 41.7 Å². The number of anilines is 1. The van der Waals surface area contributed by atoms with Crippen LogP contribution < -0.4 is 10.5 Å². The summed E-state index contributed by atoms with van der Waals surface area (Å²) in [5, 5.41) is 3.45. The molecular formula is C20H20FN5O5. The van der Waals surface area contributed by atoms with Crippen LogP contribution in [0.4, 0.5) is 10.1 Å². The van der Waals surface area contributed by atoms with Gasteiger partial charge in [-0.05, 0) is 19.1 Å². The first-order valence-electron chi connectivity index (χ1n) is 9.78. The maximum Gasteiger partial charge on any atom is 0.361 e. The van der Waals surface area contributed by atoms with Crippen molar-refractivity contribution in [1.82, 2.24) is 19.6 Å². The number of piperazine rings is 1. The standard InChI is InChI=1S/C20H20FN5O5/c1-2-30-20(29)17-16-18(31-23-17)22-12-26(19(16)28)11-15(27)25-9-7-24(8-10-25)14-6-4-3-5-13(14)21/h3-6,12H,2,7-11H2,1H3. The molecule has 1 aliphatic rings. The number of fused-ring (bicyclic) bond motifs is 1. The van der Waals surface area contributed by atoms with Crippen LogP contribution in [0.25, 0.3) is 11.1 Å². The third-order valence-electron chi connectivity index (χ3n) is 5.06. The van der Waals surface area contributed by atoms with E-state index in [1.807, 2.05) is 4.90 Å². The Morgan fingerprint density at radius 3 is 2.65 bits per heavy atom. The van der Waals surface area contributed by atoms with Gasteiger partial charge in [0.25, 0.3) is 11.3 Å². The molecular weight excluding hydrogens is 409 g/mol. The second kappa shape index (κ2) is 8.54. The molecule has 1 aliphatic heterocycles. The van der Waals surface area contributed by atoms with Crippen LogP contribution in [-0.4, -0.2) is 64.3 Å². The highest BCUT2D eigenvalue weighted by molar-refractivity contribution is 5.99. The van der Waals surface area contributed by atoms with E-state index in [2.05, 4.69) is 10.1 Å². The fraction of sp³-hybridized carbons (Fsp3) is 0.350. The predicted molar refractivity (Wildman–Crippen MR) is 107 cm³/mol. The largest absolute Gasteiger partial charge is 0.461 e. The third-order valence-corrected chi connectivity index (χ3v) is 5.06. The molecule has 0 aliphatic carbocycles. The number of aromatic nitrogens is 3. The van der Waals surface area contributed by atoms with Crippen molar-refractivity contribution in [2.24, 2.45) is 0 Å². The molecule has 0 atom stereocenters. The van der Waals surface area contributed by atoms with E-state index >= 15 is 0 Å². The second-order valence-electron chi connectivity index (χ2n) is 6.93. The maximum absolute atomic E-state index is 14.0. The van der Waals surface area contributed by atoms with Crippen molar-refractivity contribution in [2.45, 2.75) is 13.5 Å². The van der Waals surface area contributed by atoms with E-state index in [4.69, 9.17) is 9.26 Å². The molecule has 1 fully saturated rings. The summed E-state index contributed by atoms with van der Waals surface area (Å²) >= 11 is 0. The first-order chi connectivity index (χ1) is 15.0. The molecule has 31 heavy (non-hydrogen) atoms. The molecule has 3 aromatic rings. The smallest absolute Gasteiger partial charge is 0.361 e. The topological polar surface area (TPSA) is 111 Å². The fourth-order valence-electron chi connectivity index (χ4n) is 3.48. The number of hydrogen-bond acceptors (Lipinski definition) is 8. The van der Waals surface area contributed by atoms with Crippen LogP contribution >= 0.6 is 0 Å². The SMILES string of the molecule is CCOC(=O)c1noc2ncn(CC(=O)N3CCN(c4ccccc4F)CC3)c(=O)c12. The molecule has 0 N–H and O–H groups in total. The zero-order valence-corrected chi connectivity index (χ0v) is 16.8. The Morgan fingerprint density at radius 1 is 1.19 bits per heavy atom. The van der Waals surface area contributed by atoms with Gasteiger partial charge in [-0.25, -0.2) is 14.2 Å². The number of nitrogens with zero attached hydrogens (tertiary/aromatic N) is 5. The van der Waals surface area contributed by atoms with Crippen LogP contribution in [0.1, 0.15) is 17.4 Å². The number of rotatable bonds is 5. The Hall–Kier alpha value is -3.76. The van der Waals surface area contributed by atoms with Crippen molar-refractivity contribution in [2.75, 3.05) is 37.7 Å². The molecule has 0 unspecified atom stereocenters. The van der Waals surface area contributed by atoms with Gasteiger partial charge in [0.1, 0.15) is 24.1 Å². The van der Waals surface area contributed by atoms with Gasteiger partial charge in [-0.15, -0.1) is 0 Å². The summed E-state index contributed by atoms with van der Waals surface area (Å²) in [6, 6.07) is 6.50. The van der Waals surface area contributed by atoms with Crippen LogP contribution in [0.5, 0.6) is 0 Å². The lowest BCUT2D eigenvalue weighted by molar-refractivity contribution is -0.132. The van der Waals surface area contributed by atoms with E-state index in [9.17, 15) is 18.8 Å². The van der Waals surface area contributed by atoms with Gasteiger partial charge in [-0.2, -0.15) is 0 Å². The molecule has 0 spiro atoms. The Labute approximate surface area is 175 Å². The lowest BCUT2D eigenvalue weighted by Gasteiger charge is -2.36. The van der Waals surface area contributed by atoms with Crippen LogP contribution in [0.15, 0.2) is 39.9 Å². The van der Waals surface area contributed by atoms with Gasteiger partial charge in [0.05, 0.1) is 12.3 Å². The number of ether oxygens (including phenoxy) is 1. The second-order valence-corrected chi connectivity index (χ2v) is 6.93. The molecule has 4 rings (SSSR count). The first-order valence-corrected chi connectivity index (χ1v) is 9.78. The Morgan fingerprint density at radius 2 is 1.94 bits per heavy atom. The van der Waals surface area contributed by atoms with Crippen molar-refractivity contribution >= 4 is 28.7 Å². The summed E-state index contributed by atoms with van der Waals surface area (Å²) in [6.07, 6.45) is 1.18. The number of halogens is 1. The molecule has 0 radical (unpaired) electrons. The highest BCUT2D eigenvalue weighted by Crippen LogP contribution is 2.20. The van der Waals surface area contributed by atoms with Crippen molar-refractivity contribution in [3.8, 4) is 0 Å². The fourth-order valence-corrected chi connectivity index (χ4v) is 3.48. The average molecular weight is 429 g/mol. The Balaban J connectivity index is 1.47. The van der Waals surface area contributed by atoms with Gasteiger partial charge >= 0.3 is 5.97 Å². The quantitative estimate of drug-likeness (QED) is 0.554. The molecule has 0 saturated carbocycles. The summed E-state index contributed by atoms with van der Waals surface area (Å²) in [4.78, 5) is 45.0. The van der Waals surface area contributed by atoms with Crippen molar-refractivity contribution in [1.29, 1.82) is 0 Å². The van der Waals surface area contributed by atoms with Gasteiger partial charge in [0, 0.05) is 26.2 Å². The van der Waals surface area contributed by atoms with E-state index in [1.54, 1.807) is 30.0 Å². The molecule has 1 aromatic carbocycles. The number of carbonyl (C=O) groups is 2. The third kappa shape index (κ3) is 3.98. The summed E-state index contributed by atoms with van der Waals surface area (Å²) in [6.45, 7) is 3.20. The zero-order valence-electron chi connectivity index (χ0n) is 16.8. The highest BCUT2D eigenvalue weighted by Gasteiger charge is 2.25. The summed E-state index contributed by atoms with van der Waals surface area (Å²) in [5.74, 6) is -1.39. The number of esters is 1. The van der Waals surface area contributed by atoms with Crippen molar-refractivity contribution in [3.05, 3.63) is 52.5 Å². The Kier molecular flexibility index (Phi) is 5.65. The minimum Gasteiger partial charge on any atom is -0.461 e. The normalized spacial score (nSPS) is 14.1. The average Bonchev–Trinajstić information content (AvgIpc) is 3.21. The minimum absolute atomic E-state index is 0.102. The number of carbonyl (C=O) groups excluding carboxylic acids is 2. The number of para-hydroxylation sites is 1. The first kappa shape index (κ1) is 20.5. The van der Waals surface area contributed by atoms with Crippen LogP contribution in [0.3, 0.4) is 0 Å².